The summed E-state index contributed by atoms with van der Waals surface area (Å²) in [6.45, 7) is 4.11. The molecular formula is C14H16O4. The van der Waals surface area contributed by atoms with Crippen molar-refractivity contribution in [2.24, 2.45) is 0 Å². The number of esters is 2. The maximum absolute atomic E-state index is 11.5. The predicted molar refractivity (Wildman–Crippen MR) is 65.5 cm³/mol. The molecule has 0 aromatic heterocycles. The third-order valence-corrected chi connectivity index (χ3v) is 3.15. The van der Waals surface area contributed by atoms with Crippen LogP contribution in [0, 0.1) is 0 Å². The number of carbonyl (C=O) groups is 2. The van der Waals surface area contributed by atoms with Gasteiger partial charge in [0, 0.05) is 0 Å². The Bertz CT molecular complexity index is 491. The first-order valence-corrected chi connectivity index (χ1v) is 5.95. The van der Waals surface area contributed by atoms with E-state index in [1.54, 1.807) is 7.11 Å². The molecule has 4 heteroatoms. The van der Waals surface area contributed by atoms with Crippen molar-refractivity contribution < 1.29 is 19.1 Å². The Balaban J connectivity index is 2.38. The molecule has 0 radical (unpaired) electrons. The average molecular weight is 248 g/mol. The molecule has 96 valence electrons. The second-order valence-corrected chi connectivity index (χ2v) is 4.71. The Morgan fingerprint density at radius 3 is 2.56 bits per heavy atom. The SMILES string of the molecule is COc1ccc(C2CC(=O)OC2=O)cc1C(C)C. The minimum Gasteiger partial charge on any atom is -0.496 e. The molecule has 0 saturated carbocycles. The van der Waals surface area contributed by atoms with Gasteiger partial charge in [0.05, 0.1) is 19.4 Å². The molecule has 2 rings (SSSR count). The third kappa shape index (κ3) is 2.23. The number of rotatable bonds is 3. The second-order valence-electron chi connectivity index (χ2n) is 4.71. The fourth-order valence-electron chi connectivity index (χ4n) is 2.15. The van der Waals surface area contributed by atoms with Gasteiger partial charge in [-0.25, -0.2) is 0 Å². The molecule has 0 amide bonds. The maximum atomic E-state index is 11.5. The van der Waals surface area contributed by atoms with Gasteiger partial charge in [0.2, 0.25) is 0 Å². The maximum Gasteiger partial charge on any atom is 0.321 e. The lowest BCUT2D eigenvalue weighted by molar-refractivity contribution is -0.152. The third-order valence-electron chi connectivity index (χ3n) is 3.15. The first kappa shape index (κ1) is 12.6. The monoisotopic (exact) mass is 248 g/mol. The molecule has 1 aromatic carbocycles. The van der Waals surface area contributed by atoms with Crippen molar-refractivity contribution in [1.82, 2.24) is 0 Å². The molecule has 1 atom stereocenters. The number of benzene rings is 1. The molecule has 1 saturated heterocycles. The van der Waals surface area contributed by atoms with Crippen LogP contribution in [-0.2, 0) is 14.3 Å². The van der Waals surface area contributed by atoms with Crippen molar-refractivity contribution >= 4 is 11.9 Å². The molecule has 18 heavy (non-hydrogen) atoms. The van der Waals surface area contributed by atoms with E-state index in [1.807, 2.05) is 18.2 Å². The van der Waals surface area contributed by atoms with E-state index in [4.69, 9.17) is 4.74 Å². The first-order chi connectivity index (χ1) is 8.52. The van der Waals surface area contributed by atoms with Gasteiger partial charge in [0.15, 0.2) is 0 Å². The summed E-state index contributed by atoms with van der Waals surface area (Å²) in [5, 5.41) is 0. The Labute approximate surface area is 106 Å². The van der Waals surface area contributed by atoms with Crippen molar-refractivity contribution in [2.45, 2.75) is 32.1 Å². The minimum absolute atomic E-state index is 0.128. The minimum atomic E-state index is -0.471. The van der Waals surface area contributed by atoms with E-state index in [0.717, 1.165) is 16.9 Å². The van der Waals surface area contributed by atoms with Crippen molar-refractivity contribution in [3.8, 4) is 5.75 Å². The van der Waals surface area contributed by atoms with Crippen LogP contribution in [0.4, 0.5) is 0 Å². The Morgan fingerprint density at radius 1 is 1.33 bits per heavy atom. The number of methoxy groups -OCH3 is 1. The molecule has 1 aliphatic heterocycles. The highest BCUT2D eigenvalue weighted by Gasteiger charge is 2.35. The van der Waals surface area contributed by atoms with E-state index in [9.17, 15) is 9.59 Å². The van der Waals surface area contributed by atoms with Crippen molar-refractivity contribution in [1.29, 1.82) is 0 Å². The van der Waals surface area contributed by atoms with Crippen molar-refractivity contribution in [2.75, 3.05) is 7.11 Å². The molecular weight excluding hydrogens is 232 g/mol. The first-order valence-electron chi connectivity index (χ1n) is 5.95. The van der Waals surface area contributed by atoms with Crippen LogP contribution in [0.25, 0.3) is 0 Å². The zero-order valence-corrected chi connectivity index (χ0v) is 10.7. The largest absolute Gasteiger partial charge is 0.496 e. The highest BCUT2D eigenvalue weighted by molar-refractivity contribution is 5.97. The summed E-state index contributed by atoms with van der Waals surface area (Å²) < 4.78 is 9.87. The van der Waals surface area contributed by atoms with Crippen LogP contribution in [0.1, 0.15) is 43.2 Å². The van der Waals surface area contributed by atoms with Gasteiger partial charge in [0.1, 0.15) is 5.75 Å². The lowest BCUT2D eigenvalue weighted by atomic mass is 9.92. The van der Waals surface area contributed by atoms with Gasteiger partial charge in [-0.3, -0.25) is 9.59 Å². The highest BCUT2D eigenvalue weighted by atomic mass is 16.6. The van der Waals surface area contributed by atoms with Crippen LogP contribution >= 0.6 is 0 Å². The quantitative estimate of drug-likeness (QED) is 0.608. The van der Waals surface area contributed by atoms with E-state index in [-0.39, 0.29) is 12.3 Å². The van der Waals surface area contributed by atoms with E-state index < -0.39 is 17.9 Å². The summed E-state index contributed by atoms with van der Waals surface area (Å²) in [6.07, 6.45) is 0.128. The van der Waals surface area contributed by atoms with Gasteiger partial charge in [-0.05, 0) is 23.1 Å². The van der Waals surface area contributed by atoms with E-state index >= 15 is 0 Å². The van der Waals surface area contributed by atoms with Gasteiger partial charge >= 0.3 is 11.9 Å². The number of cyclic esters (lactones) is 2. The summed E-state index contributed by atoms with van der Waals surface area (Å²) in [5.41, 5.74) is 1.84. The van der Waals surface area contributed by atoms with E-state index in [0.29, 0.717) is 0 Å². The van der Waals surface area contributed by atoms with Crippen molar-refractivity contribution in [3.05, 3.63) is 29.3 Å². The Kier molecular flexibility index (Phi) is 3.36. The number of hydrogen-bond acceptors (Lipinski definition) is 4. The summed E-state index contributed by atoms with van der Waals surface area (Å²) in [7, 11) is 1.62. The second kappa shape index (κ2) is 4.80. The zero-order valence-electron chi connectivity index (χ0n) is 10.7. The molecule has 0 spiro atoms. The molecule has 1 fully saturated rings. The molecule has 1 unspecified atom stereocenters. The average Bonchev–Trinajstić information content (AvgIpc) is 2.67. The lowest BCUT2D eigenvalue weighted by Crippen LogP contribution is -2.07. The number of carbonyl (C=O) groups excluding carboxylic acids is 2. The van der Waals surface area contributed by atoms with Gasteiger partial charge in [-0.15, -0.1) is 0 Å². The van der Waals surface area contributed by atoms with Crippen LogP contribution in [0.3, 0.4) is 0 Å². The lowest BCUT2D eigenvalue weighted by Gasteiger charge is -2.14. The molecule has 0 N–H and O–H groups in total. The molecule has 0 aliphatic carbocycles. The normalized spacial score (nSPS) is 19.2. The molecule has 1 aliphatic rings. The molecule has 0 bridgehead atoms. The fraction of sp³-hybridized carbons (Fsp3) is 0.429. The Morgan fingerprint density at radius 2 is 2.06 bits per heavy atom. The fourth-order valence-corrected chi connectivity index (χ4v) is 2.15. The summed E-state index contributed by atoms with van der Waals surface area (Å²) in [5.74, 6) is -0.299. The summed E-state index contributed by atoms with van der Waals surface area (Å²) >= 11 is 0. The van der Waals surface area contributed by atoms with E-state index in [2.05, 4.69) is 18.6 Å². The van der Waals surface area contributed by atoms with Gasteiger partial charge in [-0.1, -0.05) is 26.0 Å². The molecule has 4 nitrogen and oxygen atoms in total. The van der Waals surface area contributed by atoms with Crippen LogP contribution in [0.5, 0.6) is 5.75 Å². The molecule has 1 heterocycles. The van der Waals surface area contributed by atoms with E-state index in [1.165, 1.54) is 0 Å². The van der Waals surface area contributed by atoms with Gasteiger partial charge in [-0.2, -0.15) is 0 Å². The van der Waals surface area contributed by atoms with Gasteiger partial charge in [0.25, 0.3) is 0 Å². The highest BCUT2D eigenvalue weighted by Crippen LogP contribution is 2.33. The standard InChI is InChI=1S/C14H16O4/c1-8(2)10-6-9(4-5-12(10)17-3)11-7-13(15)18-14(11)16/h4-6,8,11H,7H2,1-3H3. The predicted octanol–water partition coefficient (Wildman–Crippen LogP) is 2.38. The number of ether oxygens (including phenoxy) is 2. The topological polar surface area (TPSA) is 52.6 Å². The molecule has 1 aromatic rings. The number of hydrogen-bond donors (Lipinski definition) is 0. The zero-order chi connectivity index (χ0) is 13.3. The van der Waals surface area contributed by atoms with Crippen LogP contribution in [0.2, 0.25) is 0 Å². The van der Waals surface area contributed by atoms with Gasteiger partial charge < -0.3 is 9.47 Å². The van der Waals surface area contributed by atoms with Crippen LogP contribution in [0.15, 0.2) is 18.2 Å². The van der Waals surface area contributed by atoms with Crippen LogP contribution in [-0.4, -0.2) is 19.0 Å². The smallest absolute Gasteiger partial charge is 0.321 e. The Hall–Kier alpha value is -1.84. The summed E-state index contributed by atoms with van der Waals surface area (Å²) in [4.78, 5) is 22.7. The van der Waals surface area contributed by atoms with Crippen LogP contribution < -0.4 is 4.74 Å². The van der Waals surface area contributed by atoms with Crippen molar-refractivity contribution in [3.63, 3.8) is 0 Å². The summed E-state index contributed by atoms with van der Waals surface area (Å²) in [6, 6.07) is 5.57.